The van der Waals surface area contributed by atoms with Crippen LogP contribution >= 0.6 is 0 Å². The number of para-hydroxylation sites is 1. The Hall–Kier alpha value is -16.3. The van der Waals surface area contributed by atoms with Gasteiger partial charge in [-0.25, -0.2) is 19.0 Å². The number of hydrogen-bond donors (Lipinski definition) is 17. The fourth-order valence-electron chi connectivity index (χ4n) is 14.5. The zero-order chi connectivity index (χ0) is 98.6. The van der Waals surface area contributed by atoms with Gasteiger partial charge in [-0.2, -0.15) is 80.2 Å². The lowest BCUT2D eigenvalue weighted by molar-refractivity contribution is 0.310. The van der Waals surface area contributed by atoms with Gasteiger partial charge < -0.3 is 103 Å². The number of benzene rings is 6. The summed E-state index contributed by atoms with van der Waals surface area (Å²) in [6.45, 7) is 19.6. The maximum Gasteiger partial charge on any atom is 0.226 e. The van der Waals surface area contributed by atoms with Gasteiger partial charge in [-0.15, -0.1) is 0 Å². The van der Waals surface area contributed by atoms with E-state index in [1.165, 1.54) is 48.1 Å². The average molecular weight is 1910 g/mol. The van der Waals surface area contributed by atoms with E-state index >= 15 is 0 Å². The first-order chi connectivity index (χ1) is 68.1. The molecule has 1 aliphatic heterocycles. The van der Waals surface area contributed by atoms with Crippen molar-refractivity contribution in [2.24, 2.45) is 21.1 Å². The van der Waals surface area contributed by atoms with Crippen molar-refractivity contribution in [1.82, 2.24) is 118 Å². The smallest absolute Gasteiger partial charge is 0.226 e. The third kappa shape index (κ3) is 25.7. The molecule has 43 nitrogen and oxygen atoms in total. The van der Waals surface area contributed by atoms with Crippen molar-refractivity contribution >= 4 is 165 Å². The van der Waals surface area contributed by atoms with E-state index in [0.29, 0.717) is 132 Å². The fourth-order valence-corrected chi connectivity index (χ4v) is 14.5. The van der Waals surface area contributed by atoms with Crippen molar-refractivity contribution in [3.8, 4) is 11.4 Å². The number of fused-ring (bicyclic) bond motifs is 6. The van der Waals surface area contributed by atoms with Gasteiger partial charge in [-0.3, -0.25) is 18.6 Å². The highest BCUT2D eigenvalue weighted by Crippen LogP contribution is 2.35. The number of nitrogens with zero attached hydrogens (tertiary/aromatic N) is 25. The first-order valence-corrected chi connectivity index (χ1v) is 45.8. The molecule has 13 heterocycles. The van der Waals surface area contributed by atoms with E-state index in [9.17, 15) is 4.39 Å². The second-order valence-electron chi connectivity index (χ2n) is 32.5. The van der Waals surface area contributed by atoms with Crippen molar-refractivity contribution in [1.29, 1.82) is 0 Å². The number of hydrogen-bond acceptors (Lipinski definition) is 37. The number of ether oxygens (including phenoxy) is 1. The molecule has 0 radical (unpaired) electrons. The number of methoxy groups -OCH3 is 1. The van der Waals surface area contributed by atoms with E-state index in [1.807, 2.05) is 158 Å². The Bertz CT molecular complexity index is 7060. The highest BCUT2D eigenvalue weighted by atomic mass is 19.1. The van der Waals surface area contributed by atoms with E-state index in [2.05, 4.69) is 199 Å². The summed E-state index contributed by atoms with van der Waals surface area (Å²) in [5.41, 5.74) is 15.9. The standard InChI is InChI=1S/C20H20N6O.C17H22N6O.C16H20N6O2.C16H20N6O.C14H15FN6O.C13H20N6O/c1-14-7-9-15(10-8-14)23-18-17-19(25-20(24-18)21-11-12-27)26(13-22-17)16-5-3-2-4-6-16;1-11(2)23-16-14(10-19-23)15(21-17(22-16)18-8-9-24)20-13-6-4-12(3)5-7-13;1-3-22-10-18-13-14(19-11-4-6-12(24-2)7-5-11)20-16(17-8-9-23)21-15(13)22;1-10-4-5-11(2)13(8-10)19-14-12-9-18-22(3)15(12)21-16(20-14)17-6-7-23;1-21-13-11(8-17-21)12(19-14(20-13)16-6-7-22)18-10-4-2-9(15)3-5-10;1-18-11-10(9-15-18)12(19-6-3-2-4-7-19)17-13(16-11)14-5-8-20/h2-10,13,27H,11-12H2,1H3,(H2,21,23,24,25);4-7,10-11,24H,8-9H2,1-3H3,(H2,18,20,21,22);4-7,10,23H,3,8-9H2,1-2H3,(H2,17,19,20,21);4-5,8-9,23H,6-7H2,1-3H3,(H2,17,19,20,21);2-5,8,22H,6-7H2,1H3,(H2,16,18,19,20);9,20H,2-8H2,1H3,(H,14,16,17). The van der Waals surface area contributed by atoms with Crippen molar-refractivity contribution in [3.63, 3.8) is 0 Å². The van der Waals surface area contributed by atoms with Crippen LogP contribution < -0.4 is 68.1 Å². The second kappa shape index (κ2) is 48.4. The van der Waals surface area contributed by atoms with Crippen LogP contribution in [0.5, 0.6) is 5.75 Å². The topological polar surface area (TPSA) is 528 Å². The van der Waals surface area contributed by atoms with Crippen molar-refractivity contribution in [2.45, 2.75) is 80.3 Å². The molecule has 44 heteroatoms. The monoisotopic (exact) mass is 1900 g/mol. The van der Waals surface area contributed by atoms with E-state index in [-0.39, 0.29) is 51.5 Å². The van der Waals surface area contributed by atoms with Gasteiger partial charge in [0.1, 0.15) is 41.2 Å². The normalized spacial score (nSPS) is 11.6. The van der Waals surface area contributed by atoms with Gasteiger partial charge in [0, 0.05) is 120 Å². The third-order valence-electron chi connectivity index (χ3n) is 21.7. The van der Waals surface area contributed by atoms with E-state index < -0.39 is 0 Å². The summed E-state index contributed by atoms with van der Waals surface area (Å²) in [5.74, 6) is 7.34. The minimum absolute atomic E-state index is 0.0000678. The Morgan fingerprint density at radius 1 is 0.386 bits per heavy atom. The summed E-state index contributed by atoms with van der Waals surface area (Å²) in [5, 5.41) is 109. The molecule has 0 unspecified atom stereocenters. The number of imidazole rings is 2. The Morgan fingerprint density at radius 3 is 1.23 bits per heavy atom. The molecule has 19 rings (SSSR count). The molecule has 0 atom stereocenters. The van der Waals surface area contributed by atoms with Gasteiger partial charge in [-0.05, 0) is 170 Å². The number of anilines is 17. The summed E-state index contributed by atoms with van der Waals surface area (Å²) in [6, 6.07) is 46.1. The zero-order valence-corrected chi connectivity index (χ0v) is 79.8. The molecule has 6 aromatic carbocycles. The van der Waals surface area contributed by atoms with Crippen LogP contribution in [-0.2, 0) is 27.7 Å². The molecule has 1 fully saturated rings. The van der Waals surface area contributed by atoms with Gasteiger partial charge in [-0.1, -0.05) is 65.7 Å². The number of piperidine rings is 1. The zero-order valence-electron chi connectivity index (χ0n) is 79.8. The van der Waals surface area contributed by atoms with Crippen LogP contribution in [0.25, 0.3) is 72.1 Å². The van der Waals surface area contributed by atoms with Crippen molar-refractivity contribution < 1.29 is 39.8 Å². The second-order valence-corrected chi connectivity index (χ2v) is 32.5. The SMILES string of the molecule is CCn1cnc2c(Nc3ccc(OC)cc3)nc(NCCO)nc21.Cc1ccc(C)c(Nc2nc(NCCO)nc3c2cnn3C)c1.Cc1ccc(Nc2nc(NCCO)nc3c2cnn3C(C)C)cc1.Cc1ccc(Nc2nc(NCCO)nc3c2ncn3-c2ccccc2)cc1.Cn1ncc2c(N3CCCCC3)nc(NCCO)nc21.Cn1ncc2c(Nc3ccc(F)cc3)nc(NCCO)nc21. The third-order valence-corrected chi connectivity index (χ3v) is 21.7. The van der Waals surface area contributed by atoms with E-state index in [1.54, 1.807) is 71.6 Å². The number of aliphatic hydroxyl groups is 6. The van der Waals surface area contributed by atoms with Crippen LogP contribution in [0.3, 0.4) is 0 Å². The molecule has 1 saturated heterocycles. The predicted octanol–water partition coefficient (Wildman–Crippen LogP) is 12.7. The lowest BCUT2D eigenvalue weighted by Gasteiger charge is -2.28. The van der Waals surface area contributed by atoms with Gasteiger partial charge in [0.2, 0.25) is 35.7 Å². The fraction of sp³-hybridized carbons (Fsp3) is 0.312. The van der Waals surface area contributed by atoms with Crippen LogP contribution in [0, 0.1) is 33.5 Å². The minimum atomic E-state index is -0.301. The Balaban J connectivity index is 0.000000134. The van der Waals surface area contributed by atoms with Gasteiger partial charge in [0.15, 0.2) is 56.6 Å². The first-order valence-electron chi connectivity index (χ1n) is 45.8. The van der Waals surface area contributed by atoms with Crippen LogP contribution in [0.2, 0.25) is 0 Å². The van der Waals surface area contributed by atoms with Crippen LogP contribution in [0.1, 0.15) is 68.3 Å². The van der Waals surface area contributed by atoms with E-state index in [0.717, 1.165) is 109 Å². The van der Waals surface area contributed by atoms with Gasteiger partial charge in [0.05, 0.1) is 99.4 Å². The average Bonchev–Trinajstić information content (AvgIpc) is 1.79. The van der Waals surface area contributed by atoms with Crippen molar-refractivity contribution in [3.05, 3.63) is 211 Å². The molecule has 0 spiro atoms. The maximum atomic E-state index is 13.0. The minimum Gasteiger partial charge on any atom is -0.497 e. The highest BCUT2D eigenvalue weighted by Gasteiger charge is 2.23. The summed E-state index contributed by atoms with van der Waals surface area (Å²) < 4.78 is 29.0. The summed E-state index contributed by atoms with van der Waals surface area (Å²) in [7, 11) is 7.14. The molecule has 0 bridgehead atoms. The molecule has 12 aromatic heterocycles. The van der Waals surface area contributed by atoms with Crippen LogP contribution in [-0.4, -0.2) is 248 Å². The molecule has 0 amide bonds. The Labute approximate surface area is 805 Å². The molecule has 140 heavy (non-hydrogen) atoms. The molecule has 1 aliphatic rings. The van der Waals surface area contributed by atoms with Gasteiger partial charge in [0.25, 0.3) is 0 Å². The highest BCUT2D eigenvalue weighted by molar-refractivity contribution is 5.94. The number of halogens is 1. The Kier molecular flexibility index (Phi) is 34.5. The van der Waals surface area contributed by atoms with Crippen molar-refractivity contribution in [2.75, 3.05) is 162 Å². The summed E-state index contributed by atoms with van der Waals surface area (Å²) in [4.78, 5) is 65.2. The molecule has 0 saturated carbocycles. The van der Waals surface area contributed by atoms with Gasteiger partial charge >= 0.3 is 0 Å². The van der Waals surface area contributed by atoms with Crippen LogP contribution in [0.15, 0.2) is 183 Å². The number of nitrogens with one attached hydrogen (secondary N) is 11. The number of aromatic nitrogens is 24. The summed E-state index contributed by atoms with van der Waals surface area (Å²) in [6.07, 6.45) is 14.2. The molecule has 18 aromatic rings. The largest absolute Gasteiger partial charge is 0.497 e. The number of rotatable bonds is 33. The van der Waals surface area contributed by atoms with E-state index in [4.69, 9.17) is 35.4 Å². The molecule has 17 N–H and O–H groups in total. The van der Waals surface area contributed by atoms with Crippen LogP contribution in [0.4, 0.5) is 103 Å². The lowest BCUT2D eigenvalue weighted by atomic mass is 10.1. The summed E-state index contributed by atoms with van der Waals surface area (Å²) >= 11 is 0. The molecular formula is C96H117FN36O7. The maximum absolute atomic E-state index is 13.0. The molecule has 0 aliphatic carbocycles. The number of aryl methyl sites for hydroxylation is 8. The predicted molar refractivity (Wildman–Crippen MR) is 546 cm³/mol. The number of aliphatic hydroxyl groups excluding tert-OH is 6. The quantitative estimate of drug-likeness (QED) is 0.0182. The molecular weight excluding hydrogens is 1790 g/mol. The first kappa shape index (κ1) is 99.7. The lowest BCUT2D eigenvalue weighted by Crippen LogP contribution is -2.30. The Morgan fingerprint density at radius 2 is 0.764 bits per heavy atom. The molecule has 730 valence electrons.